The summed E-state index contributed by atoms with van der Waals surface area (Å²) in [5.41, 5.74) is 3.91. The number of halogens is 2. The van der Waals surface area contributed by atoms with Gasteiger partial charge in [-0.25, -0.2) is 8.42 Å². The number of thiophene rings is 1. The summed E-state index contributed by atoms with van der Waals surface area (Å²) in [5, 5.41) is 0. The number of hydrazine groups is 1. The molecule has 6 nitrogen and oxygen atoms in total. The zero-order valence-electron chi connectivity index (χ0n) is 14.2. The fraction of sp³-hybridized carbons (Fsp3) is 0.235. The van der Waals surface area contributed by atoms with Gasteiger partial charge in [-0.3, -0.25) is 4.79 Å². The molecule has 1 aromatic carbocycles. The molecule has 3 rings (SSSR count). The minimum atomic E-state index is -3.80. The van der Waals surface area contributed by atoms with Crippen LogP contribution in [0.4, 0.5) is 0 Å². The molecule has 0 amide bonds. The number of ketones is 1. The van der Waals surface area contributed by atoms with Crippen LogP contribution in [0.15, 0.2) is 47.0 Å². The van der Waals surface area contributed by atoms with Crippen LogP contribution in [0.1, 0.15) is 24.3 Å². The largest absolute Gasteiger partial charge is 0.497 e. The van der Waals surface area contributed by atoms with E-state index >= 15 is 0 Å². The number of nitrogens with one attached hydrogen (secondary N) is 2. The van der Waals surface area contributed by atoms with Crippen molar-refractivity contribution in [1.82, 2.24) is 10.3 Å². The van der Waals surface area contributed by atoms with Gasteiger partial charge in [0.05, 0.1) is 20.7 Å². The number of rotatable bonds is 6. The van der Waals surface area contributed by atoms with E-state index in [0.29, 0.717) is 33.0 Å². The van der Waals surface area contributed by atoms with Gasteiger partial charge in [0.15, 0.2) is 5.78 Å². The van der Waals surface area contributed by atoms with Crippen LogP contribution in [0.25, 0.3) is 0 Å². The zero-order chi connectivity index (χ0) is 19.6. The first-order valence-electron chi connectivity index (χ1n) is 7.88. The Morgan fingerprint density at radius 3 is 2.48 bits per heavy atom. The van der Waals surface area contributed by atoms with Crippen molar-refractivity contribution in [2.45, 2.75) is 23.7 Å². The van der Waals surface area contributed by atoms with Crippen molar-refractivity contribution < 1.29 is 17.9 Å². The highest BCUT2D eigenvalue weighted by Gasteiger charge is 2.26. The van der Waals surface area contributed by atoms with Gasteiger partial charge in [0.1, 0.15) is 5.75 Å². The Bertz CT molecular complexity index is 985. The van der Waals surface area contributed by atoms with Crippen molar-refractivity contribution in [3.8, 4) is 5.75 Å². The van der Waals surface area contributed by atoms with Gasteiger partial charge in [-0.05, 0) is 48.2 Å². The van der Waals surface area contributed by atoms with Gasteiger partial charge in [-0.1, -0.05) is 23.2 Å². The number of carbonyl (C=O) groups excluding carboxylic acids is 1. The summed E-state index contributed by atoms with van der Waals surface area (Å²) in [4.78, 5) is 14.4. The monoisotopic (exact) mass is 446 g/mol. The molecule has 0 spiro atoms. The maximum absolute atomic E-state index is 12.4. The lowest BCUT2D eigenvalue weighted by atomic mass is 9.87. The third-order valence-corrected chi connectivity index (χ3v) is 6.87. The molecule has 0 fully saturated rings. The summed E-state index contributed by atoms with van der Waals surface area (Å²) in [6.45, 7) is 0. The van der Waals surface area contributed by atoms with Crippen molar-refractivity contribution in [1.29, 1.82) is 0 Å². The van der Waals surface area contributed by atoms with E-state index in [-0.39, 0.29) is 16.6 Å². The second kappa shape index (κ2) is 8.20. The molecule has 0 saturated heterocycles. The predicted octanol–water partition coefficient (Wildman–Crippen LogP) is 3.88. The summed E-state index contributed by atoms with van der Waals surface area (Å²) in [5.74, 6) is 0.277. The average Bonchev–Trinajstić information content (AvgIpc) is 2.98. The summed E-state index contributed by atoms with van der Waals surface area (Å²) in [7, 11) is -2.30. The van der Waals surface area contributed by atoms with Crippen LogP contribution in [0.5, 0.6) is 5.75 Å². The first-order chi connectivity index (χ1) is 12.8. The van der Waals surface area contributed by atoms with Crippen LogP contribution >= 0.6 is 34.5 Å². The fourth-order valence-corrected chi connectivity index (χ4v) is 5.28. The molecule has 1 atom stereocenters. The van der Waals surface area contributed by atoms with Crippen LogP contribution in [-0.4, -0.2) is 21.3 Å². The molecule has 10 heteroatoms. The molecule has 2 aromatic rings. The molecule has 1 aromatic heterocycles. The van der Waals surface area contributed by atoms with Gasteiger partial charge in [0.2, 0.25) is 0 Å². The van der Waals surface area contributed by atoms with Gasteiger partial charge in [-0.15, -0.1) is 16.2 Å². The van der Waals surface area contributed by atoms with E-state index in [1.807, 2.05) is 0 Å². The van der Waals surface area contributed by atoms with E-state index in [9.17, 15) is 13.2 Å². The van der Waals surface area contributed by atoms with Crippen LogP contribution in [-0.2, 0) is 14.8 Å². The number of sulfonamides is 1. The lowest BCUT2D eigenvalue weighted by Gasteiger charge is -2.23. The average molecular weight is 447 g/mol. The summed E-state index contributed by atoms with van der Waals surface area (Å²) in [6.07, 6.45) is 2.13. The van der Waals surface area contributed by atoms with Crippen molar-refractivity contribution >= 4 is 50.3 Å². The van der Waals surface area contributed by atoms with Gasteiger partial charge < -0.3 is 10.2 Å². The topological polar surface area (TPSA) is 84.5 Å². The van der Waals surface area contributed by atoms with Gasteiger partial charge >= 0.3 is 0 Å². The predicted molar refractivity (Wildman–Crippen MR) is 106 cm³/mol. The minimum absolute atomic E-state index is 0.0720. The van der Waals surface area contributed by atoms with Crippen LogP contribution in [0, 0.1) is 0 Å². The molecule has 144 valence electrons. The molecular formula is C17H16Cl2N2O4S2. The highest BCUT2D eigenvalue weighted by atomic mass is 35.5. The maximum atomic E-state index is 12.4. The summed E-state index contributed by atoms with van der Waals surface area (Å²) >= 11 is 13.4. The molecule has 1 heterocycles. The van der Waals surface area contributed by atoms with Gasteiger partial charge in [-0.2, -0.15) is 0 Å². The number of hydrogen-bond donors (Lipinski definition) is 2. The Balaban J connectivity index is 1.71. The molecule has 0 saturated carbocycles. The smallest absolute Gasteiger partial charge is 0.257 e. The van der Waals surface area contributed by atoms with E-state index in [2.05, 4.69) is 10.3 Å². The Kier molecular flexibility index (Phi) is 6.12. The first kappa shape index (κ1) is 20.2. The zero-order valence-corrected chi connectivity index (χ0v) is 17.3. The number of allylic oxidation sites excluding steroid dienone is 2. The molecule has 27 heavy (non-hydrogen) atoms. The number of carbonyl (C=O) groups is 1. The highest BCUT2D eigenvalue weighted by molar-refractivity contribution is 7.89. The second-order valence-electron chi connectivity index (χ2n) is 5.93. The lowest BCUT2D eigenvalue weighted by Crippen LogP contribution is -2.38. The van der Waals surface area contributed by atoms with Gasteiger partial charge in [0, 0.05) is 18.2 Å². The molecule has 0 radical (unpaired) electrons. The normalized spacial score (nSPS) is 17.5. The summed E-state index contributed by atoms with van der Waals surface area (Å²) in [6, 6.07) is 7.71. The first-order valence-corrected chi connectivity index (χ1v) is 10.9. The molecule has 0 aliphatic heterocycles. The van der Waals surface area contributed by atoms with E-state index in [4.69, 9.17) is 27.9 Å². The molecule has 1 aliphatic rings. The second-order valence-corrected chi connectivity index (χ2v) is 9.89. The number of benzene rings is 1. The standard InChI is InChI=1S/C17H16Cl2N2O4S2/c1-25-13-2-4-14(5-3-13)27(23,24)21-20-11-6-10(7-12(22)8-11)15-9-16(18)26-17(15)19/h2-5,8-10,20-21H,6-7H2,1H3. The third kappa shape index (κ3) is 4.83. The van der Waals surface area contributed by atoms with Gasteiger partial charge in [0.25, 0.3) is 10.0 Å². The maximum Gasteiger partial charge on any atom is 0.257 e. The molecule has 2 N–H and O–H groups in total. The van der Waals surface area contributed by atoms with Crippen LogP contribution in [0.2, 0.25) is 8.67 Å². The number of ether oxygens (including phenoxy) is 1. The number of hydrogen-bond acceptors (Lipinski definition) is 6. The Labute approximate surface area is 171 Å². The molecule has 1 unspecified atom stereocenters. The fourth-order valence-electron chi connectivity index (χ4n) is 2.78. The number of methoxy groups -OCH3 is 1. The van der Waals surface area contributed by atoms with Crippen LogP contribution < -0.4 is 15.0 Å². The van der Waals surface area contributed by atoms with Crippen molar-refractivity contribution in [2.75, 3.05) is 7.11 Å². The van der Waals surface area contributed by atoms with Crippen molar-refractivity contribution in [3.05, 3.63) is 56.3 Å². The van der Waals surface area contributed by atoms with E-state index in [1.54, 1.807) is 18.2 Å². The highest BCUT2D eigenvalue weighted by Crippen LogP contribution is 2.40. The molecule has 1 aliphatic carbocycles. The van der Waals surface area contributed by atoms with E-state index in [0.717, 1.165) is 5.56 Å². The SMILES string of the molecule is COc1ccc(S(=O)(=O)NNC2=CC(=O)CC(c3cc(Cl)sc3Cl)C2)cc1. The lowest BCUT2D eigenvalue weighted by molar-refractivity contribution is -0.115. The van der Waals surface area contributed by atoms with Crippen molar-refractivity contribution in [2.24, 2.45) is 0 Å². The van der Waals surface area contributed by atoms with E-state index in [1.165, 1.54) is 36.7 Å². The quantitative estimate of drug-likeness (QED) is 0.657. The Hall–Kier alpha value is -1.58. The van der Waals surface area contributed by atoms with E-state index < -0.39 is 10.0 Å². The molecular weight excluding hydrogens is 431 g/mol. The minimum Gasteiger partial charge on any atom is -0.497 e. The Morgan fingerprint density at radius 2 is 1.89 bits per heavy atom. The van der Waals surface area contributed by atoms with Crippen molar-refractivity contribution in [3.63, 3.8) is 0 Å². The Morgan fingerprint density at radius 1 is 1.19 bits per heavy atom. The molecule has 0 bridgehead atoms. The summed E-state index contributed by atoms with van der Waals surface area (Å²) < 4.78 is 30.9. The third-order valence-electron chi connectivity index (χ3n) is 4.09. The van der Waals surface area contributed by atoms with Crippen LogP contribution in [0.3, 0.4) is 0 Å².